The molecule has 0 radical (unpaired) electrons. The van der Waals surface area contributed by atoms with Crippen molar-refractivity contribution in [3.05, 3.63) is 65.7 Å². The molecule has 1 unspecified atom stereocenters. The van der Waals surface area contributed by atoms with Gasteiger partial charge in [0, 0.05) is 43.3 Å². The minimum Gasteiger partial charge on any atom is -0.347 e. The molecule has 2 amide bonds. The maximum atomic E-state index is 13.6. The monoisotopic (exact) mass is 547 g/mol. The van der Waals surface area contributed by atoms with Gasteiger partial charge in [0.25, 0.3) is 5.84 Å². The molecule has 1 fully saturated rings. The van der Waals surface area contributed by atoms with Crippen LogP contribution in [0.1, 0.15) is 43.4 Å². The van der Waals surface area contributed by atoms with Crippen LogP contribution in [-0.4, -0.2) is 66.8 Å². The zero-order valence-corrected chi connectivity index (χ0v) is 21.9. The molecule has 2 aliphatic heterocycles. The summed E-state index contributed by atoms with van der Waals surface area (Å²) in [4.78, 5) is 30.8. The fourth-order valence-electron chi connectivity index (χ4n) is 4.87. The maximum Gasteiger partial charge on any atom is 0.453 e. The van der Waals surface area contributed by atoms with Gasteiger partial charge in [-0.1, -0.05) is 42.5 Å². The van der Waals surface area contributed by atoms with E-state index in [4.69, 9.17) is 4.84 Å². The van der Waals surface area contributed by atoms with E-state index < -0.39 is 12.0 Å². The summed E-state index contributed by atoms with van der Waals surface area (Å²) in [6.07, 6.45) is -4.04. The molecule has 2 aromatic carbocycles. The van der Waals surface area contributed by atoms with E-state index in [0.717, 1.165) is 21.4 Å². The summed E-state index contributed by atoms with van der Waals surface area (Å²) in [5.41, 5.74) is 4.28. The van der Waals surface area contributed by atoms with Crippen LogP contribution in [0.3, 0.4) is 0 Å². The van der Waals surface area contributed by atoms with Crippen molar-refractivity contribution in [3.8, 4) is 0 Å². The number of piperidine rings is 1. The predicted octanol–water partition coefficient (Wildman–Crippen LogP) is 2.84. The van der Waals surface area contributed by atoms with Crippen molar-refractivity contribution in [1.82, 2.24) is 26.3 Å². The number of rotatable bonds is 8. The summed E-state index contributed by atoms with van der Waals surface area (Å²) in [7, 11) is 1.24. The van der Waals surface area contributed by atoms with Gasteiger partial charge in [0.15, 0.2) is 0 Å². The first kappa shape index (κ1) is 28.3. The first-order valence-electron chi connectivity index (χ1n) is 12.6. The summed E-state index contributed by atoms with van der Waals surface area (Å²) in [5, 5.41) is 11.2. The molecule has 3 N–H and O–H groups in total. The number of nitrogens with zero attached hydrogens (tertiary/aromatic N) is 4. The number of halogens is 3. The van der Waals surface area contributed by atoms with Gasteiger partial charge in [-0.05, 0) is 36.6 Å². The number of carbonyl (C=O) groups excluding carboxylic acids is 2. The van der Waals surface area contributed by atoms with E-state index in [2.05, 4.69) is 21.3 Å². The van der Waals surface area contributed by atoms with Crippen molar-refractivity contribution in [2.75, 3.05) is 31.8 Å². The Balaban J connectivity index is 1.52. The lowest BCUT2D eigenvalue weighted by atomic mass is 9.85. The molecular formula is C26H32F3N7O3. The van der Waals surface area contributed by atoms with Crippen LogP contribution in [0, 0.1) is 0 Å². The molecule has 4 rings (SSSR count). The number of hydrogen-bond acceptors (Lipinski definition) is 8. The molecule has 1 saturated heterocycles. The van der Waals surface area contributed by atoms with E-state index in [0.29, 0.717) is 19.5 Å². The molecule has 10 nitrogen and oxygen atoms in total. The second-order valence-corrected chi connectivity index (χ2v) is 9.45. The van der Waals surface area contributed by atoms with Crippen molar-refractivity contribution < 1.29 is 27.6 Å². The van der Waals surface area contributed by atoms with Crippen LogP contribution in [0.2, 0.25) is 0 Å². The molecule has 39 heavy (non-hydrogen) atoms. The molecule has 0 aliphatic carbocycles. The zero-order chi connectivity index (χ0) is 28.2. The molecule has 2 aliphatic rings. The summed E-state index contributed by atoms with van der Waals surface area (Å²) < 4.78 is 40.8. The number of hydrogen-bond donors (Lipinski definition) is 3. The molecule has 13 heteroatoms. The minimum atomic E-state index is -4.70. The lowest BCUT2D eigenvalue weighted by molar-refractivity contribution is -0.163. The Morgan fingerprint density at radius 3 is 2.59 bits per heavy atom. The number of carbonyl (C=O) groups is 2. The Bertz CT molecular complexity index is 1190. The molecule has 0 spiro atoms. The average Bonchev–Trinajstić information content (AvgIpc) is 3.37. The van der Waals surface area contributed by atoms with Gasteiger partial charge in [0.2, 0.25) is 11.8 Å². The fraction of sp³-hybridized carbons (Fsp3) is 0.423. The third-order valence-electron chi connectivity index (χ3n) is 6.81. The topological polar surface area (TPSA) is 102 Å². The van der Waals surface area contributed by atoms with Gasteiger partial charge in [0.1, 0.15) is 0 Å². The lowest BCUT2D eigenvalue weighted by Gasteiger charge is -2.40. The summed E-state index contributed by atoms with van der Waals surface area (Å²) in [5.74, 6) is -1.58. The first-order valence-corrected chi connectivity index (χ1v) is 12.6. The van der Waals surface area contributed by atoms with Crippen molar-refractivity contribution >= 4 is 23.3 Å². The van der Waals surface area contributed by atoms with Crippen LogP contribution in [0.25, 0.3) is 0 Å². The highest BCUT2D eigenvalue weighted by Gasteiger charge is 2.47. The van der Waals surface area contributed by atoms with Crippen molar-refractivity contribution in [2.24, 2.45) is 5.10 Å². The van der Waals surface area contributed by atoms with E-state index in [-0.39, 0.29) is 42.0 Å². The van der Waals surface area contributed by atoms with Crippen LogP contribution in [0.4, 0.5) is 18.9 Å². The third-order valence-corrected chi connectivity index (χ3v) is 6.81. The number of hydrazone groups is 1. The van der Waals surface area contributed by atoms with Gasteiger partial charge in [-0.3, -0.25) is 14.4 Å². The molecule has 0 aromatic heterocycles. The number of benzene rings is 2. The maximum absolute atomic E-state index is 13.6. The largest absolute Gasteiger partial charge is 0.453 e. The molecule has 3 atom stereocenters. The molecule has 2 aromatic rings. The van der Waals surface area contributed by atoms with Crippen molar-refractivity contribution in [2.45, 2.75) is 44.4 Å². The Hall–Kier alpha value is -3.68. The molecule has 0 saturated carbocycles. The Labute approximate surface area is 224 Å². The van der Waals surface area contributed by atoms with Crippen molar-refractivity contribution in [1.29, 1.82) is 0 Å². The van der Waals surface area contributed by atoms with Crippen LogP contribution < -0.4 is 21.2 Å². The quantitative estimate of drug-likeness (QED) is 0.467. The number of amides is 2. The Morgan fingerprint density at radius 2 is 1.92 bits per heavy atom. The van der Waals surface area contributed by atoms with E-state index >= 15 is 0 Å². The molecule has 210 valence electrons. The second kappa shape index (κ2) is 12.0. The molecule has 0 bridgehead atoms. The second-order valence-electron chi connectivity index (χ2n) is 9.45. The lowest BCUT2D eigenvalue weighted by Crippen LogP contribution is -2.52. The fourth-order valence-corrected chi connectivity index (χ4v) is 4.87. The van der Waals surface area contributed by atoms with Crippen LogP contribution in [0.15, 0.2) is 59.7 Å². The Morgan fingerprint density at radius 1 is 1.18 bits per heavy atom. The predicted molar refractivity (Wildman–Crippen MR) is 139 cm³/mol. The summed E-state index contributed by atoms with van der Waals surface area (Å²) in [6.45, 7) is 4.26. The zero-order valence-electron chi connectivity index (χ0n) is 21.9. The number of likely N-dealkylation sites (tertiary alicyclic amines) is 1. The third kappa shape index (κ3) is 6.67. The number of nitrogens with one attached hydrogen (secondary N) is 3. The Kier molecular flexibility index (Phi) is 8.73. The van der Waals surface area contributed by atoms with Crippen molar-refractivity contribution in [3.63, 3.8) is 0 Å². The van der Waals surface area contributed by atoms with E-state index in [1.807, 2.05) is 43.3 Å². The van der Waals surface area contributed by atoms with Gasteiger partial charge in [-0.15, -0.1) is 5.10 Å². The van der Waals surface area contributed by atoms with Crippen LogP contribution in [-0.2, 0) is 14.4 Å². The smallest absolute Gasteiger partial charge is 0.347 e. The average molecular weight is 548 g/mol. The normalized spacial score (nSPS) is 20.8. The number of alkyl halides is 3. The highest BCUT2D eigenvalue weighted by molar-refractivity contribution is 6.01. The van der Waals surface area contributed by atoms with Gasteiger partial charge in [-0.2, -0.15) is 18.7 Å². The van der Waals surface area contributed by atoms with E-state index in [9.17, 15) is 22.8 Å². The molecular weight excluding hydrogens is 515 g/mol. The van der Waals surface area contributed by atoms with Crippen LogP contribution >= 0.6 is 0 Å². The number of amidine groups is 1. The standard InChI is InChI=1S/C26H32F3N7O3/c1-17(20-10-7-11-21(14-20)35-25(26(27,28)29)32-33-36(35)39-3)31-23-12-13-34(24(38)15-30-18(2)37)16-22(23)19-8-5-4-6-9-19/h4-11,14,17,22-23,31,33H,12-13,15-16H2,1-3H3,(H,30,37)/t17?,22-,23-/m0/s1. The van der Waals surface area contributed by atoms with Gasteiger partial charge < -0.3 is 15.5 Å². The van der Waals surface area contributed by atoms with Crippen LogP contribution in [0.5, 0.6) is 0 Å². The van der Waals surface area contributed by atoms with E-state index in [1.54, 1.807) is 23.1 Å². The molecule has 2 heterocycles. The summed E-state index contributed by atoms with van der Waals surface area (Å²) in [6, 6.07) is 16.4. The van der Waals surface area contributed by atoms with Gasteiger partial charge >= 0.3 is 6.18 Å². The number of hydrazine groups is 2. The highest BCUT2D eigenvalue weighted by Crippen LogP contribution is 2.32. The highest BCUT2D eigenvalue weighted by atomic mass is 19.4. The van der Waals surface area contributed by atoms with Gasteiger partial charge in [-0.25, -0.2) is 5.01 Å². The first-order chi connectivity index (χ1) is 18.6. The number of anilines is 1. The summed E-state index contributed by atoms with van der Waals surface area (Å²) >= 11 is 0. The van der Waals surface area contributed by atoms with E-state index in [1.165, 1.54) is 14.0 Å². The van der Waals surface area contributed by atoms with Gasteiger partial charge in [0.05, 0.1) is 19.3 Å². The minimum absolute atomic E-state index is 0.00732. The SMILES string of the molecule is CON1NN=C(C(F)(F)F)N1c1cccc(C(C)N[C@H]2CCN(C(=O)CNC(C)=O)C[C@H]2c2ccccc2)c1.